The molecule has 0 spiro atoms. The van der Waals surface area contributed by atoms with E-state index in [9.17, 15) is 13.2 Å². The lowest BCUT2D eigenvalue weighted by molar-refractivity contribution is 0.0683. The Morgan fingerprint density at radius 2 is 2.20 bits per heavy atom. The predicted molar refractivity (Wildman–Crippen MR) is 55.8 cm³/mol. The van der Waals surface area contributed by atoms with Crippen molar-refractivity contribution in [3.05, 3.63) is 24.0 Å². The highest BCUT2D eigenvalue weighted by molar-refractivity contribution is 7.90. The second-order valence-electron chi connectivity index (χ2n) is 3.55. The molecular formula is C9H13NO4S. The van der Waals surface area contributed by atoms with Crippen molar-refractivity contribution in [1.29, 1.82) is 0 Å². The van der Waals surface area contributed by atoms with Gasteiger partial charge in [-0.1, -0.05) is 0 Å². The second-order valence-corrected chi connectivity index (χ2v) is 5.73. The Morgan fingerprint density at radius 1 is 1.60 bits per heavy atom. The summed E-state index contributed by atoms with van der Waals surface area (Å²) >= 11 is 0. The maximum absolute atomic E-state index is 11.1. The van der Waals surface area contributed by atoms with Gasteiger partial charge in [-0.15, -0.1) is 0 Å². The van der Waals surface area contributed by atoms with Crippen molar-refractivity contribution in [2.24, 2.45) is 0 Å². The van der Waals surface area contributed by atoms with Crippen molar-refractivity contribution in [3.63, 3.8) is 0 Å². The Balaban J connectivity index is 2.96. The van der Waals surface area contributed by atoms with Crippen molar-refractivity contribution in [3.8, 4) is 0 Å². The fourth-order valence-electron chi connectivity index (χ4n) is 1.48. The van der Waals surface area contributed by atoms with Crippen LogP contribution in [0.4, 0.5) is 0 Å². The summed E-state index contributed by atoms with van der Waals surface area (Å²) < 4.78 is 23.6. The molecule has 0 amide bonds. The number of nitrogens with zero attached hydrogens (tertiary/aromatic N) is 1. The van der Waals surface area contributed by atoms with Gasteiger partial charge in [-0.3, -0.25) is 0 Å². The first kappa shape index (κ1) is 11.8. The molecule has 0 aliphatic rings. The number of aromatic nitrogens is 1. The Morgan fingerprint density at radius 3 is 2.67 bits per heavy atom. The Bertz CT molecular complexity index is 460. The van der Waals surface area contributed by atoms with E-state index >= 15 is 0 Å². The third kappa shape index (κ3) is 3.09. The number of carbonyl (C=O) groups is 1. The number of rotatable bonds is 4. The van der Waals surface area contributed by atoms with Crippen molar-refractivity contribution >= 4 is 15.8 Å². The number of carboxylic acids is 1. The maximum Gasteiger partial charge on any atom is 0.352 e. The zero-order chi connectivity index (χ0) is 11.6. The van der Waals surface area contributed by atoms with Gasteiger partial charge in [0, 0.05) is 18.5 Å². The smallest absolute Gasteiger partial charge is 0.352 e. The molecule has 1 heterocycles. The number of carboxylic acid groups (broad SMARTS) is 1. The third-order valence-electron chi connectivity index (χ3n) is 2.02. The normalized spacial score (nSPS) is 13.7. The molecule has 0 aliphatic carbocycles. The first-order chi connectivity index (χ1) is 6.81. The van der Waals surface area contributed by atoms with Gasteiger partial charge in [0.15, 0.2) is 0 Å². The van der Waals surface area contributed by atoms with E-state index in [2.05, 4.69) is 0 Å². The van der Waals surface area contributed by atoms with E-state index in [-0.39, 0.29) is 17.5 Å². The summed E-state index contributed by atoms with van der Waals surface area (Å²) in [5, 5.41) is 8.83. The van der Waals surface area contributed by atoms with Crippen LogP contribution in [0, 0.1) is 0 Å². The quantitative estimate of drug-likeness (QED) is 0.831. The minimum Gasteiger partial charge on any atom is -0.477 e. The lowest BCUT2D eigenvalue weighted by Crippen LogP contribution is -2.19. The number of hydrogen-bond donors (Lipinski definition) is 1. The minimum absolute atomic E-state index is 0.0675. The molecule has 1 aromatic heterocycles. The van der Waals surface area contributed by atoms with Crippen molar-refractivity contribution in [2.75, 3.05) is 12.0 Å². The minimum atomic E-state index is -3.11. The third-order valence-corrected chi connectivity index (χ3v) is 3.10. The molecule has 0 aliphatic heterocycles. The summed E-state index contributed by atoms with van der Waals surface area (Å²) in [6, 6.07) is 2.66. The largest absolute Gasteiger partial charge is 0.477 e. The zero-order valence-electron chi connectivity index (χ0n) is 8.54. The molecule has 1 unspecified atom stereocenters. The lowest BCUT2D eigenvalue weighted by atomic mass is 10.3. The number of aromatic carboxylic acids is 1. The number of hydrogen-bond acceptors (Lipinski definition) is 3. The predicted octanol–water partition coefficient (Wildman–Crippen LogP) is 0.792. The lowest BCUT2D eigenvalue weighted by Gasteiger charge is -2.14. The average Bonchev–Trinajstić information content (AvgIpc) is 2.47. The molecule has 1 rings (SSSR count). The molecule has 0 aromatic carbocycles. The molecule has 0 saturated carbocycles. The van der Waals surface area contributed by atoms with Crippen LogP contribution in [-0.2, 0) is 9.84 Å². The van der Waals surface area contributed by atoms with Crippen LogP contribution in [0.5, 0.6) is 0 Å². The molecule has 84 valence electrons. The summed E-state index contributed by atoms with van der Waals surface area (Å²) in [4.78, 5) is 10.8. The van der Waals surface area contributed by atoms with Crippen LogP contribution < -0.4 is 0 Å². The van der Waals surface area contributed by atoms with Gasteiger partial charge < -0.3 is 9.67 Å². The standard InChI is InChI=1S/C9H13NO4S/c1-7(6-15(2,13)14)10-5-3-4-8(10)9(11)12/h3-5,7H,6H2,1-2H3,(H,11,12). The highest BCUT2D eigenvalue weighted by atomic mass is 32.2. The van der Waals surface area contributed by atoms with E-state index in [0.29, 0.717) is 0 Å². The SMILES string of the molecule is CC(CS(C)(=O)=O)n1cccc1C(=O)O. The molecule has 0 fully saturated rings. The van der Waals surface area contributed by atoms with E-state index in [1.807, 2.05) is 0 Å². The monoisotopic (exact) mass is 231 g/mol. The van der Waals surface area contributed by atoms with Crippen LogP contribution in [0.1, 0.15) is 23.5 Å². The summed E-state index contributed by atoms with van der Waals surface area (Å²) in [6.07, 6.45) is 2.70. The van der Waals surface area contributed by atoms with Gasteiger partial charge in [0.2, 0.25) is 0 Å². The summed E-state index contributed by atoms with van der Waals surface area (Å²) in [6.45, 7) is 1.67. The molecule has 1 atom stereocenters. The van der Waals surface area contributed by atoms with E-state index in [1.54, 1.807) is 19.2 Å². The summed E-state index contributed by atoms with van der Waals surface area (Å²) in [5.41, 5.74) is 0.103. The van der Waals surface area contributed by atoms with E-state index in [0.717, 1.165) is 6.26 Å². The highest BCUT2D eigenvalue weighted by Crippen LogP contribution is 2.13. The Hall–Kier alpha value is -1.30. The van der Waals surface area contributed by atoms with Gasteiger partial charge in [-0.2, -0.15) is 0 Å². The van der Waals surface area contributed by atoms with Gasteiger partial charge in [0.1, 0.15) is 15.5 Å². The summed E-state index contributed by atoms with van der Waals surface area (Å²) in [7, 11) is -3.11. The molecular weight excluding hydrogens is 218 g/mol. The van der Waals surface area contributed by atoms with Crippen LogP contribution in [0.25, 0.3) is 0 Å². The fraction of sp³-hybridized carbons (Fsp3) is 0.444. The van der Waals surface area contributed by atoms with Gasteiger partial charge in [0.25, 0.3) is 0 Å². The van der Waals surface area contributed by atoms with Crippen LogP contribution in [-0.4, -0.2) is 36.1 Å². The molecule has 6 heteroatoms. The molecule has 0 radical (unpaired) electrons. The Labute approximate surface area is 88.3 Å². The van der Waals surface area contributed by atoms with Crippen molar-refractivity contribution < 1.29 is 18.3 Å². The van der Waals surface area contributed by atoms with E-state index in [1.165, 1.54) is 10.6 Å². The topological polar surface area (TPSA) is 76.4 Å². The molecule has 15 heavy (non-hydrogen) atoms. The average molecular weight is 231 g/mol. The van der Waals surface area contributed by atoms with Crippen LogP contribution in [0.15, 0.2) is 18.3 Å². The van der Waals surface area contributed by atoms with Crippen molar-refractivity contribution in [2.45, 2.75) is 13.0 Å². The fourth-order valence-corrected chi connectivity index (χ4v) is 2.51. The van der Waals surface area contributed by atoms with Crippen LogP contribution in [0.3, 0.4) is 0 Å². The Kier molecular flexibility index (Phi) is 3.18. The molecule has 1 N–H and O–H groups in total. The van der Waals surface area contributed by atoms with Crippen LogP contribution >= 0.6 is 0 Å². The molecule has 1 aromatic rings. The first-order valence-corrected chi connectivity index (χ1v) is 6.45. The maximum atomic E-state index is 11.1. The summed E-state index contributed by atoms with van der Waals surface area (Å²) in [5.74, 6) is -1.12. The zero-order valence-corrected chi connectivity index (χ0v) is 9.36. The number of sulfone groups is 1. The van der Waals surface area contributed by atoms with Gasteiger partial charge in [-0.25, -0.2) is 13.2 Å². The van der Waals surface area contributed by atoms with E-state index < -0.39 is 15.8 Å². The van der Waals surface area contributed by atoms with Crippen LogP contribution in [0.2, 0.25) is 0 Å². The van der Waals surface area contributed by atoms with E-state index in [4.69, 9.17) is 5.11 Å². The molecule has 0 saturated heterocycles. The second kappa shape index (κ2) is 4.06. The van der Waals surface area contributed by atoms with Crippen molar-refractivity contribution in [1.82, 2.24) is 4.57 Å². The highest BCUT2D eigenvalue weighted by Gasteiger charge is 2.17. The van der Waals surface area contributed by atoms with Gasteiger partial charge >= 0.3 is 5.97 Å². The molecule has 5 nitrogen and oxygen atoms in total. The van der Waals surface area contributed by atoms with Gasteiger partial charge in [0.05, 0.1) is 5.75 Å². The van der Waals surface area contributed by atoms with Gasteiger partial charge in [-0.05, 0) is 19.1 Å². The molecule has 0 bridgehead atoms. The first-order valence-electron chi connectivity index (χ1n) is 4.39.